The number of rotatable bonds is 5. The van der Waals surface area contributed by atoms with E-state index in [1.54, 1.807) is 0 Å². The first kappa shape index (κ1) is 27.1. The van der Waals surface area contributed by atoms with Gasteiger partial charge in [-0.25, -0.2) is 19.9 Å². The van der Waals surface area contributed by atoms with Crippen LogP contribution >= 0.6 is 0 Å². The van der Waals surface area contributed by atoms with Crippen LogP contribution in [-0.4, -0.2) is 19.9 Å². The van der Waals surface area contributed by atoms with E-state index in [-0.39, 0.29) is 0 Å². The van der Waals surface area contributed by atoms with Gasteiger partial charge in [0.25, 0.3) is 0 Å². The van der Waals surface area contributed by atoms with Gasteiger partial charge in [-0.3, -0.25) is 0 Å². The normalized spacial score (nSPS) is 12.9. The van der Waals surface area contributed by atoms with Gasteiger partial charge in [0.15, 0.2) is 17.5 Å². The second-order valence-corrected chi connectivity index (χ2v) is 11.8. The second kappa shape index (κ2) is 11.0. The topological polar surface area (TPSA) is 51.6 Å². The fourth-order valence-corrected chi connectivity index (χ4v) is 7.22. The lowest BCUT2D eigenvalue weighted by Gasteiger charge is -2.34. The van der Waals surface area contributed by atoms with E-state index >= 15 is 0 Å². The highest BCUT2D eigenvalue weighted by Crippen LogP contribution is 2.58. The highest BCUT2D eigenvalue weighted by atomic mass is 15.0. The van der Waals surface area contributed by atoms with Crippen LogP contribution in [0.2, 0.25) is 0 Å². The van der Waals surface area contributed by atoms with Gasteiger partial charge in [0.2, 0.25) is 0 Å². The number of fused-ring (bicyclic) bond motifs is 5. The van der Waals surface area contributed by atoms with Crippen LogP contribution in [-0.2, 0) is 5.41 Å². The van der Waals surface area contributed by atoms with Crippen molar-refractivity contribution in [3.8, 4) is 45.6 Å². The van der Waals surface area contributed by atoms with Crippen LogP contribution in [0.1, 0.15) is 22.3 Å². The Hall–Kier alpha value is -6.26. The van der Waals surface area contributed by atoms with Crippen molar-refractivity contribution in [2.45, 2.75) is 5.41 Å². The summed E-state index contributed by atoms with van der Waals surface area (Å²) in [5, 5.41) is 2.12. The molecule has 4 nitrogen and oxygen atoms in total. The molecular formula is C43H28N4. The van der Waals surface area contributed by atoms with Gasteiger partial charge in [-0.15, -0.1) is 0 Å². The third-order valence-corrected chi connectivity index (χ3v) is 9.20. The molecule has 8 aromatic rings. The van der Waals surface area contributed by atoms with Crippen molar-refractivity contribution >= 4 is 10.8 Å². The van der Waals surface area contributed by atoms with E-state index in [0.717, 1.165) is 38.9 Å². The molecule has 0 unspecified atom stereocenters. The van der Waals surface area contributed by atoms with E-state index in [9.17, 15) is 0 Å². The Morgan fingerprint density at radius 1 is 0.340 bits per heavy atom. The monoisotopic (exact) mass is 600 g/mol. The summed E-state index contributed by atoms with van der Waals surface area (Å²) in [6.45, 7) is 0. The molecule has 1 aliphatic rings. The van der Waals surface area contributed by atoms with Gasteiger partial charge in [-0.1, -0.05) is 170 Å². The molecule has 47 heavy (non-hydrogen) atoms. The third kappa shape index (κ3) is 4.23. The van der Waals surface area contributed by atoms with Gasteiger partial charge in [0.1, 0.15) is 5.69 Å². The summed E-state index contributed by atoms with van der Waals surface area (Å²) in [5.74, 6) is 1.78. The number of benzene rings is 6. The first-order chi connectivity index (χ1) is 23.3. The third-order valence-electron chi connectivity index (χ3n) is 9.20. The summed E-state index contributed by atoms with van der Waals surface area (Å²) in [6, 6.07) is 59.1. The minimum Gasteiger partial charge on any atom is -0.243 e. The summed E-state index contributed by atoms with van der Waals surface area (Å²) in [6.07, 6.45) is 0. The zero-order chi connectivity index (χ0) is 31.2. The quantitative estimate of drug-likeness (QED) is 0.197. The Kier molecular flexibility index (Phi) is 6.32. The van der Waals surface area contributed by atoms with Gasteiger partial charge in [0, 0.05) is 27.6 Å². The molecule has 6 aromatic carbocycles. The smallest absolute Gasteiger partial charge is 0.183 e. The molecule has 0 aliphatic heterocycles. The van der Waals surface area contributed by atoms with Gasteiger partial charge in [-0.2, -0.15) is 0 Å². The maximum atomic E-state index is 5.56. The molecule has 2 heterocycles. The van der Waals surface area contributed by atoms with Crippen LogP contribution in [0.5, 0.6) is 0 Å². The summed E-state index contributed by atoms with van der Waals surface area (Å²) in [7, 11) is 0. The average molecular weight is 601 g/mol. The summed E-state index contributed by atoms with van der Waals surface area (Å²) >= 11 is 0. The van der Waals surface area contributed by atoms with Crippen molar-refractivity contribution in [3.05, 3.63) is 192 Å². The van der Waals surface area contributed by atoms with Crippen LogP contribution in [0.15, 0.2) is 170 Å². The number of hydrogen-bond acceptors (Lipinski definition) is 4. The molecule has 0 radical (unpaired) electrons. The lowest BCUT2D eigenvalue weighted by molar-refractivity contribution is 0.774. The van der Waals surface area contributed by atoms with E-state index < -0.39 is 5.41 Å². The summed E-state index contributed by atoms with van der Waals surface area (Å²) < 4.78 is 0. The van der Waals surface area contributed by atoms with E-state index in [0.29, 0.717) is 17.5 Å². The first-order valence-electron chi connectivity index (χ1n) is 15.8. The standard InChI is InChI=1S/C43H28N4/c1-5-17-29(18-6-1)40-45-41(30-19-7-2-8-20-30)47-42(46-40)39-34-26-14-13-25-33(34)37-38(44-39)35-27-15-16-28-36(35)43(37,31-21-9-3-10-22-31)32-23-11-4-12-24-32/h1-28H. The highest BCUT2D eigenvalue weighted by Gasteiger charge is 2.48. The maximum Gasteiger partial charge on any atom is 0.183 e. The molecule has 0 bridgehead atoms. The lowest BCUT2D eigenvalue weighted by atomic mass is 9.67. The molecule has 2 aromatic heterocycles. The Balaban J connectivity index is 1.40. The Morgan fingerprint density at radius 3 is 1.36 bits per heavy atom. The van der Waals surface area contributed by atoms with Crippen molar-refractivity contribution in [2.24, 2.45) is 0 Å². The molecule has 0 spiro atoms. The fraction of sp³-hybridized carbons (Fsp3) is 0.0233. The highest BCUT2D eigenvalue weighted by molar-refractivity contribution is 6.04. The molecular weight excluding hydrogens is 573 g/mol. The Morgan fingerprint density at radius 2 is 0.787 bits per heavy atom. The summed E-state index contributed by atoms with van der Waals surface area (Å²) in [4.78, 5) is 20.7. The molecule has 0 fully saturated rings. The van der Waals surface area contributed by atoms with E-state index in [1.807, 2.05) is 60.7 Å². The zero-order valence-corrected chi connectivity index (χ0v) is 25.5. The largest absolute Gasteiger partial charge is 0.243 e. The van der Waals surface area contributed by atoms with Crippen LogP contribution < -0.4 is 0 Å². The predicted molar refractivity (Wildman–Crippen MR) is 189 cm³/mol. The molecule has 1 aliphatic carbocycles. The van der Waals surface area contributed by atoms with Crippen LogP contribution in [0, 0.1) is 0 Å². The van der Waals surface area contributed by atoms with Crippen LogP contribution in [0.25, 0.3) is 56.3 Å². The number of aromatic nitrogens is 4. The molecule has 0 amide bonds. The second-order valence-electron chi connectivity index (χ2n) is 11.8. The SMILES string of the molecule is c1ccc(-c2nc(-c3ccccc3)nc(-c3nc4c(c5ccccc35)C(c3ccccc3)(c3ccccc3)c3ccccc3-4)n2)cc1. The predicted octanol–water partition coefficient (Wildman–Crippen LogP) is 9.78. The van der Waals surface area contributed by atoms with Crippen molar-refractivity contribution in [1.29, 1.82) is 0 Å². The van der Waals surface area contributed by atoms with Crippen LogP contribution in [0.4, 0.5) is 0 Å². The molecule has 4 heteroatoms. The van der Waals surface area contributed by atoms with Gasteiger partial charge >= 0.3 is 0 Å². The molecule has 9 rings (SSSR count). The molecule has 0 saturated carbocycles. The molecule has 220 valence electrons. The molecule has 0 saturated heterocycles. The number of hydrogen-bond donors (Lipinski definition) is 0. The van der Waals surface area contributed by atoms with Crippen molar-refractivity contribution in [1.82, 2.24) is 19.9 Å². The fourth-order valence-electron chi connectivity index (χ4n) is 7.22. The van der Waals surface area contributed by atoms with E-state index in [1.165, 1.54) is 22.3 Å². The van der Waals surface area contributed by atoms with E-state index in [4.69, 9.17) is 19.9 Å². The van der Waals surface area contributed by atoms with Crippen molar-refractivity contribution < 1.29 is 0 Å². The Bertz CT molecular complexity index is 2290. The number of pyridine rings is 1. The molecule has 0 atom stereocenters. The minimum atomic E-state index is -0.566. The van der Waals surface area contributed by atoms with Crippen molar-refractivity contribution in [3.63, 3.8) is 0 Å². The number of nitrogens with zero attached hydrogens (tertiary/aromatic N) is 4. The minimum absolute atomic E-state index is 0.547. The first-order valence-corrected chi connectivity index (χ1v) is 15.8. The lowest BCUT2D eigenvalue weighted by Crippen LogP contribution is -2.29. The van der Waals surface area contributed by atoms with Crippen molar-refractivity contribution in [2.75, 3.05) is 0 Å². The maximum absolute atomic E-state index is 5.56. The van der Waals surface area contributed by atoms with Gasteiger partial charge in [-0.05, 0) is 22.1 Å². The van der Waals surface area contributed by atoms with Gasteiger partial charge in [0.05, 0.1) is 11.1 Å². The van der Waals surface area contributed by atoms with Crippen LogP contribution in [0.3, 0.4) is 0 Å². The Labute approximate surface area is 273 Å². The zero-order valence-electron chi connectivity index (χ0n) is 25.5. The molecule has 0 N–H and O–H groups in total. The summed E-state index contributed by atoms with van der Waals surface area (Å²) in [5.41, 5.74) is 8.89. The average Bonchev–Trinajstić information content (AvgIpc) is 3.47. The van der Waals surface area contributed by atoms with E-state index in [2.05, 4.69) is 109 Å². The van der Waals surface area contributed by atoms with Gasteiger partial charge < -0.3 is 0 Å².